The highest BCUT2D eigenvalue weighted by atomic mass is 16.5. The molecule has 1 aliphatic rings. The van der Waals surface area contributed by atoms with Gasteiger partial charge in [-0.25, -0.2) is 0 Å². The Hall–Kier alpha value is -2.40. The van der Waals surface area contributed by atoms with Crippen molar-refractivity contribution in [2.24, 2.45) is 0 Å². The van der Waals surface area contributed by atoms with Crippen LogP contribution < -0.4 is 19.5 Å². The molecule has 0 aromatic heterocycles. The normalized spacial score (nSPS) is 16.0. The van der Waals surface area contributed by atoms with E-state index in [0.717, 1.165) is 30.0 Å². The molecule has 3 rings (SSSR count). The summed E-state index contributed by atoms with van der Waals surface area (Å²) in [5.74, 6) is 2.24. The Morgan fingerprint density at radius 3 is 2.27 bits per heavy atom. The van der Waals surface area contributed by atoms with Crippen LogP contribution >= 0.6 is 0 Å². The Morgan fingerprint density at radius 1 is 0.923 bits per heavy atom. The van der Waals surface area contributed by atoms with E-state index in [9.17, 15) is 5.11 Å². The summed E-state index contributed by atoms with van der Waals surface area (Å²) in [6, 6.07) is 9.72. The molecule has 5 nitrogen and oxygen atoms in total. The molecule has 1 unspecified atom stereocenters. The summed E-state index contributed by atoms with van der Waals surface area (Å²) in [4.78, 5) is 0. The fourth-order valence-corrected chi connectivity index (χ4v) is 3.38. The third-order valence-corrected chi connectivity index (χ3v) is 4.48. The number of hydrogen-bond acceptors (Lipinski definition) is 5. The predicted molar refractivity (Wildman–Crippen MR) is 102 cm³/mol. The summed E-state index contributed by atoms with van der Waals surface area (Å²) >= 11 is 0. The minimum atomic E-state index is 0.0217. The lowest BCUT2D eigenvalue weighted by Crippen LogP contribution is -2.30. The van der Waals surface area contributed by atoms with Crippen LogP contribution in [0.25, 0.3) is 0 Å². The predicted octanol–water partition coefficient (Wildman–Crippen LogP) is 3.82. The fourth-order valence-electron chi connectivity index (χ4n) is 3.38. The van der Waals surface area contributed by atoms with Crippen LogP contribution in [-0.2, 0) is 6.42 Å². The Bertz CT molecular complexity index is 760. The number of benzene rings is 2. The summed E-state index contributed by atoms with van der Waals surface area (Å²) in [6.45, 7) is 8.44. The number of ether oxygens (including phenoxy) is 3. The van der Waals surface area contributed by atoms with Gasteiger partial charge < -0.3 is 24.6 Å². The van der Waals surface area contributed by atoms with Crippen LogP contribution in [0.1, 0.15) is 43.5 Å². The quantitative estimate of drug-likeness (QED) is 0.789. The van der Waals surface area contributed by atoms with Crippen LogP contribution in [0, 0.1) is 0 Å². The average molecular weight is 357 g/mol. The first-order valence-corrected chi connectivity index (χ1v) is 9.29. The van der Waals surface area contributed by atoms with Gasteiger partial charge in [0.15, 0.2) is 23.0 Å². The molecule has 0 fully saturated rings. The molecule has 0 aliphatic carbocycles. The van der Waals surface area contributed by atoms with E-state index >= 15 is 0 Å². The van der Waals surface area contributed by atoms with Gasteiger partial charge in [0.05, 0.1) is 25.9 Å². The Morgan fingerprint density at radius 2 is 1.58 bits per heavy atom. The van der Waals surface area contributed by atoms with Gasteiger partial charge in [-0.1, -0.05) is 6.07 Å². The van der Waals surface area contributed by atoms with E-state index in [1.807, 2.05) is 32.9 Å². The molecule has 2 aromatic carbocycles. The van der Waals surface area contributed by atoms with Gasteiger partial charge in [-0.2, -0.15) is 0 Å². The second kappa shape index (κ2) is 8.32. The molecule has 2 aromatic rings. The van der Waals surface area contributed by atoms with Crippen LogP contribution in [0.2, 0.25) is 0 Å². The smallest absolute Gasteiger partial charge is 0.161 e. The molecule has 0 radical (unpaired) electrons. The van der Waals surface area contributed by atoms with Crippen molar-refractivity contribution < 1.29 is 19.3 Å². The standard InChI is InChI=1S/C21H27NO4/c1-4-24-18-12-15(7-8-17(18)23)21-16-13-20(26-6-3)19(25-5-2)11-14(16)9-10-22-21/h7-8,11-13,21-23H,4-6,9-10H2,1-3H3. The van der Waals surface area contributed by atoms with Gasteiger partial charge in [-0.05, 0) is 68.1 Å². The molecule has 5 heteroatoms. The molecule has 0 amide bonds. The van der Waals surface area contributed by atoms with Gasteiger partial charge in [-0.3, -0.25) is 0 Å². The maximum absolute atomic E-state index is 9.99. The maximum atomic E-state index is 9.99. The summed E-state index contributed by atoms with van der Waals surface area (Å²) in [5, 5.41) is 13.6. The number of phenols is 1. The average Bonchev–Trinajstić information content (AvgIpc) is 2.64. The molecule has 26 heavy (non-hydrogen) atoms. The van der Waals surface area contributed by atoms with Crippen LogP contribution in [0.3, 0.4) is 0 Å². The van der Waals surface area contributed by atoms with E-state index in [-0.39, 0.29) is 11.8 Å². The largest absolute Gasteiger partial charge is 0.504 e. The Labute approximate surface area is 154 Å². The van der Waals surface area contributed by atoms with Crippen molar-refractivity contribution in [2.45, 2.75) is 33.2 Å². The molecule has 1 aliphatic heterocycles. The second-order valence-electron chi connectivity index (χ2n) is 6.16. The lowest BCUT2D eigenvalue weighted by Gasteiger charge is -2.29. The number of aromatic hydroxyl groups is 1. The van der Waals surface area contributed by atoms with Gasteiger partial charge in [-0.15, -0.1) is 0 Å². The summed E-state index contributed by atoms with van der Waals surface area (Å²) in [6.07, 6.45) is 0.939. The van der Waals surface area contributed by atoms with E-state index in [2.05, 4.69) is 17.4 Å². The second-order valence-corrected chi connectivity index (χ2v) is 6.16. The van der Waals surface area contributed by atoms with Crippen LogP contribution in [0.15, 0.2) is 30.3 Å². The molecule has 0 bridgehead atoms. The topological polar surface area (TPSA) is 60.0 Å². The zero-order valence-corrected chi connectivity index (χ0v) is 15.7. The van der Waals surface area contributed by atoms with E-state index < -0.39 is 0 Å². The Balaban J connectivity index is 2.02. The number of hydrogen-bond donors (Lipinski definition) is 2. The zero-order chi connectivity index (χ0) is 18.5. The van der Waals surface area contributed by atoms with Crippen molar-refractivity contribution in [3.8, 4) is 23.0 Å². The lowest BCUT2D eigenvalue weighted by atomic mass is 9.89. The molecular weight excluding hydrogens is 330 g/mol. The number of phenolic OH excluding ortho intramolecular Hbond substituents is 1. The van der Waals surface area contributed by atoms with Gasteiger partial charge >= 0.3 is 0 Å². The van der Waals surface area contributed by atoms with Crippen LogP contribution in [0.4, 0.5) is 0 Å². The van der Waals surface area contributed by atoms with E-state index in [0.29, 0.717) is 25.6 Å². The molecule has 0 spiro atoms. The number of nitrogens with one attached hydrogen (secondary N) is 1. The summed E-state index contributed by atoms with van der Waals surface area (Å²) < 4.78 is 17.1. The molecule has 1 heterocycles. The van der Waals surface area contributed by atoms with Crippen LogP contribution in [0.5, 0.6) is 23.0 Å². The van der Waals surface area contributed by atoms with Crippen molar-refractivity contribution in [3.05, 3.63) is 47.0 Å². The highest BCUT2D eigenvalue weighted by Gasteiger charge is 2.25. The first-order valence-electron chi connectivity index (χ1n) is 9.29. The molecular formula is C21H27NO4. The number of fused-ring (bicyclic) bond motifs is 1. The van der Waals surface area contributed by atoms with Gasteiger partial charge in [0.25, 0.3) is 0 Å². The van der Waals surface area contributed by atoms with E-state index in [1.54, 1.807) is 6.07 Å². The molecule has 140 valence electrons. The van der Waals surface area contributed by atoms with Crippen LogP contribution in [-0.4, -0.2) is 31.5 Å². The fraction of sp³-hybridized carbons (Fsp3) is 0.429. The van der Waals surface area contributed by atoms with Crippen molar-refractivity contribution in [1.29, 1.82) is 0 Å². The highest BCUT2D eigenvalue weighted by molar-refractivity contribution is 5.53. The van der Waals surface area contributed by atoms with Crippen molar-refractivity contribution in [3.63, 3.8) is 0 Å². The van der Waals surface area contributed by atoms with E-state index in [1.165, 1.54) is 11.1 Å². The monoisotopic (exact) mass is 357 g/mol. The Kier molecular flexibility index (Phi) is 5.89. The molecule has 1 atom stereocenters. The molecule has 0 saturated carbocycles. The minimum Gasteiger partial charge on any atom is -0.504 e. The van der Waals surface area contributed by atoms with Gasteiger partial charge in [0.1, 0.15) is 0 Å². The first-order chi connectivity index (χ1) is 12.7. The molecule has 0 saturated heterocycles. The zero-order valence-electron chi connectivity index (χ0n) is 15.7. The van der Waals surface area contributed by atoms with Gasteiger partial charge in [0.2, 0.25) is 0 Å². The minimum absolute atomic E-state index is 0.0217. The first kappa shape index (κ1) is 18.4. The van der Waals surface area contributed by atoms with Gasteiger partial charge in [0, 0.05) is 6.54 Å². The summed E-state index contributed by atoms with van der Waals surface area (Å²) in [7, 11) is 0. The third-order valence-electron chi connectivity index (χ3n) is 4.48. The number of rotatable bonds is 7. The van der Waals surface area contributed by atoms with E-state index in [4.69, 9.17) is 14.2 Å². The summed E-state index contributed by atoms with van der Waals surface area (Å²) in [5.41, 5.74) is 3.49. The lowest BCUT2D eigenvalue weighted by molar-refractivity contribution is 0.286. The van der Waals surface area contributed by atoms with Crippen molar-refractivity contribution in [2.75, 3.05) is 26.4 Å². The maximum Gasteiger partial charge on any atom is 0.161 e. The van der Waals surface area contributed by atoms with Crippen molar-refractivity contribution in [1.82, 2.24) is 5.32 Å². The highest BCUT2D eigenvalue weighted by Crippen LogP contribution is 2.39. The molecule has 2 N–H and O–H groups in total. The van der Waals surface area contributed by atoms with Crippen molar-refractivity contribution >= 4 is 0 Å². The SMILES string of the molecule is CCOc1cc(C2NCCc3cc(OCC)c(OCC)cc32)ccc1O. The third kappa shape index (κ3) is 3.73.